The van der Waals surface area contributed by atoms with E-state index in [9.17, 15) is 9.90 Å². The van der Waals surface area contributed by atoms with Gasteiger partial charge in [0.25, 0.3) is 11.9 Å². The van der Waals surface area contributed by atoms with Gasteiger partial charge in [0.2, 0.25) is 0 Å². The predicted octanol–water partition coefficient (Wildman–Crippen LogP) is 2.86. The van der Waals surface area contributed by atoms with Crippen LogP contribution in [0.3, 0.4) is 0 Å². The van der Waals surface area contributed by atoms with Crippen molar-refractivity contribution in [1.82, 2.24) is 19.4 Å². The number of nitrogens with zero attached hydrogens (tertiary/aromatic N) is 5. The van der Waals surface area contributed by atoms with Crippen molar-refractivity contribution in [2.24, 2.45) is 0 Å². The number of rotatable bonds is 7. The zero-order chi connectivity index (χ0) is 21.8. The number of anilines is 1. The van der Waals surface area contributed by atoms with Crippen LogP contribution in [-0.4, -0.2) is 70.2 Å². The second-order valence-electron chi connectivity index (χ2n) is 8.22. The monoisotopic (exact) mass is 451 g/mol. The highest BCUT2D eigenvalue weighted by Crippen LogP contribution is 2.32. The third-order valence-corrected chi connectivity index (χ3v) is 6.62. The lowest BCUT2D eigenvalue weighted by Gasteiger charge is -2.29. The molecule has 3 heterocycles. The Kier molecular flexibility index (Phi) is 7.09. The molecule has 1 aliphatic carbocycles. The number of aliphatic hydroxyl groups is 1. The second kappa shape index (κ2) is 9.97. The maximum atomic E-state index is 13.6. The molecule has 172 valence electrons. The van der Waals surface area contributed by atoms with Gasteiger partial charge in [-0.25, -0.2) is 4.98 Å². The topological polar surface area (TPSA) is 93.0 Å². The van der Waals surface area contributed by atoms with Gasteiger partial charge < -0.3 is 24.4 Å². The van der Waals surface area contributed by atoms with Crippen LogP contribution in [0.25, 0.3) is 0 Å². The summed E-state index contributed by atoms with van der Waals surface area (Å²) in [5.74, 6) is 0.382. The number of aromatic nitrogens is 3. The lowest BCUT2D eigenvalue weighted by atomic mass is 9.98. The third kappa shape index (κ3) is 5.02. The van der Waals surface area contributed by atoms with E-state index < -0.39 is 0 Å². The van der Waals surface area contributed by atoms with E-state index in [-0.39, 0.29) is 26.8 Å². The van der Waals surface area contributed by atoms with E-state index in [0.717, 1.165) is 36.4 Å². The fourth-order valence-corrected chi connectivity index (χ4v) is 4.82. The average Bonchev–Trinajstić information content (AvgIpc) is 3.33. The summed E-state index contributed by atoms with van der Waals surface area (Å²) in [4.78, 5) is 26.4. The highest BCUT2D eigenvalue weighted by atomic mass is 32.1. The molecule has 0 atom stereocenters. The molecule has 0 aromatic carbocycles. The van der Waals surface area contributed by atoms with Crippen molar-refractivity contribution in [3.8, 4) is 6.01 Å². The summed E-state index contributed by atoms with van der Waals surface area (Å²) in [6, 6.07) is 0.467. The van der Waals surface area contributed by atoms with Crippen molar-refractivity contribution in [1.29, 1.82) is 0 Å². The molecular weight excluding hydrogens is 418 g/mol. The third-order valence-electron chi connectivity index (χ3n) is 5.67. The molecule has 1 N–H and O–H groups in total. The molecule has 0 unspecified atom stereocenters. The number of fused-ring (bicyclic) bond motifs is 1. The van der Waals surface area contributed by atoms with Crippen LogP contribution in [0, 0.1) is 6.92 Å². The Balaban J connectivity index is 0.00000289. The largest absolute Gasteiger partial charge is 0.461 e. The van der Waals surface area contributed by atoms with Crippen LogP contribution < -0.4 is 9.64 Å². The summed E-state index contributed by atoms with van der Waals surface area (Å²) >= 11 is 1.57. The summed E-state index contributed by atoms with van der Waals surface area (Å²) < 4.78 is 13.9. The van der Waals surface area contributed by atoms with Crippen molar-refractivity contribution in [2.45, 2.75) is 58.1 Å². The molecule has 2 aromatic rings. The zero-order valence-electron chi connectivity index (χ0n) is 18.2. The van der Waals surface area contributed by atoms with Gasteiger partial charge >= 0.3 is 0 Å². The van der Waals surface area contributed by atoms with Gasteiger partial charge in [-0.1, -0.05) is 6.42 Å². The van der Waals surface area contributed by atoms with Crippen molar-refractivity contribution >= 4 is 23.1 Å². The Morgan fingerprint density at radius 1 is 1.29 bits per heavy atom. The molecule has 1 fully saturated rings. The number of amides is 1. The Morgan fingerprint density at radius 2 is 2.10 bits per heavy atom. The van der Waals surface area contributed by atoms with E-state index in [2.05, 4.69) is 4.98 Å². The number of hydrogen-bond donors (Lipinski definition) is 1. The molecular formula is C21H33N5O4S. The number of aryl methyl sites for hydroxylation is 1. The van der Waals surface area contributed by atoms with Crippen LogP contribution in [0.1, 0.15) is 61.1 Å². The van der Waals surface area contributed by atoms with Crippen LogP contribution in [0.15, 0.2) is 5.38 Å². The van der Waals surface area contributed by atoms with E-state index in [4.69, 9.17) is 14.5 Å². The van der Waals surface area contributed by atoms with Crippen LogP contribution in [0.4, 0.5) is 5.82 Å². The van der Waals surface area contributed by atoms with Crippen molar-refractivity contribution in [2.75, 3.05) is 38.6 Å². The van der Waals surface area contributed by atoms with E-state index >= 15 is 0 Å². The smallest absolute Gasteiger partial charge is 0.299 e. The molecule has 9 nitrogen and oxygen atoms in total. The minimum absolute atomic E-state index is 0. The van der Waals surface area contributed by atoms with Gasteiger partial charge in [-0.3, -0.25) is 9.36 Å². The molecule has 4 rings (SSSR count). The molecule has 2 aromatic heterocycles. The van der Waals surface area contributed by atoms with Crippen molar-refractivity contribution in [3.05, 3.63) is 21.8 Å². The number of thiazole rings is 1. The highest BCUT2D eigenvalue weighted by Gasteiger charge is 2.33. The lowest BCUT2D eigenvalue weighted by Crippen LogP contribution is -2.40. The number of hydrogen-bond acceptors (Lipinski definition) is 8. The normalized spacial score (nSPS) is 18.1. The number of aliphatic hydroxyl groups excluding tert-OH is 1. The number of carbonyl (C=O) groups is 1. The van der Waals surface area contributed by atoms with Gasteiger partial charge in [-0.15, -0.1) is 11.3 Å². The van der Waals surface area contributed by atoms with E-state index in [1.807, 2.05) is 28.8 Å². The molecule has 0 spiro atoms. The first kappa shape index (κ1) is 22.0. The lowest BCUT2D eigenvalue weighted by molar-refractivity contribution is 0.0199. The minimum atomic E-state index is -0.172. The summed E-state index contributed by atoms with van der Waals surface area (Å²) in [7, 11) is 1.87. The van der Waals surface area contributed by atoms with Gasteiger partial charge in [0, 0.05) is 32.7 Å². The molecule has 1 amide bonds. The molecule has 10 heteroatoms. The molecule has 0 bridgehead atoms. The molecule has 0 saturated heterocycles. The first-order valence-corrected chi connectivity index (χ1v) is 11.8. The first-order chi connectivity index (χ1) is 15.1. The minimum Gasteiger partial charge on any atom is -0.461 e. The fourth-order valence-electron chi connectivity index (χ4n) is 4.06. The second-order valence-corrected chi connectivity index (χ2v) is 9.16. The number of ether oxygens (including phenoxy) is 2. The quantitative estimate of drug-likeness (QED) is 0.692. The molecule has 1 saturated carbocycles. The molecule has 1 aliphatic heterocycles. The van der Waals surface area contributed by atoms with Crippen LogP contribution >= 0.6 is 11.3 Å². The zero-order valence-corrected chi connectivity index (χ0v) is 19.1. The number of carbonyl (C=O) groups excluding carboxylic acids is 1. The van der Waals surface area contributed by atoms with Crippen LogP contribution in [0.5, 0.6) is 6.01 Å². The SMILES string of the molecule is Cc1csc(Cn2c(OC3CCCCC3)nc3c2C(=O)N(CCCO)COCN3C)n1.[HH]. The number of imidazole rings is 1. The van der Waals surface area contributed by atoms with Gasteiger partial charge in [0.15, 0.2) is 11.5 Å². The molecule has 0 radical (unpaired) electrons. The Bertz CT molecular complexity index is 899. The maximum Gasteiger partial charge on any atom is 0.299 e. The summed E-state index contributed by atoms with van der Waals surface area (Å²) in [6.07, 6.45) is 6.15. The Hall–Kier alpha value is -2.17. The van der Waals surface area contributed by atoms with Gasteiger partial charge in [-0.2, -0.15) is 4.98 Å². The fraction of sp³-hybridized carbons (Fsp3) is 0.667. The summed E-state index contributed by atoms with van der Waals surface area (Å²) in [5, 5.41) is 12.2. The average molecular weight is 452 g/mol. The predicted molar refractivity (Wildman–Crippen MR) is 120 cm³/mol. The van der Waals surface area contributed by atoms with E-state index in [0.29, 0.717) is 43.8 Å². The Morgan fingerprint density at radius 3 is 2.81 bits per heavy atom. The van der Waals surface area contributed by atoms with E-state index in [1.54, 1.807) is 16.2 Å². The van der Waals surface area contributed by atoms with Gasteiger partial charge in [0.05, 0.1) is 6.54 Å². The summed E-state index contributed by atoms with van der Waals surface area (Å²) in [6.45, 7) is 3.31. The van der Waals surface area contributed by atoms with Crippen molar-refractivity contribution < 1.29 is 20.8 Å². The standard InChI is InChI=1S/C21H31N5O4S.H2/c1-15-12-31-17(22-15)11-26-18-19(23-21(26)30-16-7-4-3-5-8-16)24(2)13-29-14-25(20(18)28)9-6-10-27;/h12,16,27H,3-11,13-14H2,1-2H3;1H. The maximum absolute atomic E-state index is 13.6. The van der Waals surface area contributed by atoms with Crippen LogP contribution in [0.2, 0.25) is 0 Å². The van der Waals surface area contributed by atoms with Crippen molar-refractivity contribution in [3.63, 3.8) is 0 Å². The summed E-state index contributed by atoms with van der Waals surface area (Å²) in [5.41, 5.74) is 1.45. The Labute approximate surface area is 188 Å². The van der Waals surface area contributed by atoms with Gasteiger partial charge in [0.1, 0.15) is 24.6 Å². The van der Waals surface area contributed by atoms with Crippen LogP contribution in [-0.2, 0) is 11.3 Å². The molecule has 31 heavy (non-hydrogen) atoms. The first-order valence-electron chi connectivity index (χ1n) is 10.9. The van der Waals surface area contributed by atoms with Gasteiger partial charge in [-0.05, 0) is 39.0 Å². The highest BCUT2D eigenvalue weighted by molar-refractivity contribution is 7.09. The molecule has 2 aliphatic rings. The van der Waals surface area contributed by atoms with E-state index in [1.165, 1.54) is 6.42 Å².